The zero-order valence-corrected chi connectivity index (χ0v) is 24.5. The maximum atomic E-state index is 14.0. The lowest BCUT2D eigenvalue weighted by molar-refractivity contribution is 0.0964. The number of anilines is 1. The van der Waals surface area contributed by atoms with Crippen molar-refractivity contribution in [2.45, 2.75) is 6.73 Å². The third-order valence-corrected chi connectivity index (χ3v) is 8.98. The highest BCUT2D eigenvalue weighted by molar-refractivity contribution is 7.92. The number of carbonyl (C=O) groups excluding carboxylic acids is 1. The molecule has 44 heavy (non-hydrogen) atoms. The van der Waals surface area contributed by atoms with Gasteiger partial charge in [0.15, 0.2) is 6.73 Å². The highest BCUT2D eigenvalue weighted by Gasteiger charge is 2.28. The number of sulfonamides is 1. The van der Waals surface area contributed by atoms with E-state index in [0.717, 1.165) is 16.1 Å². The van der Waals surface area contributed by atoms with Crippen molar-refractivity contribution in [3.05, 3.63) is 90.0 Å². The summed E-state index contributed by atoms with van der Waals surface area (Å²) in [4.78, 5) is 18.1. The van der Waals surface area contributed by atoms with Crippen LogP contribution >= 0.6 is 0 Å². The summed E-state index contributed by atoms with van der Waals surface area (Å²) in [5.74, 6) is -0.541. The van der Waals surface area contributed by atoms with Gasteiger partial charge in [-0.25, -0.2) is 22.2 Å². The SMILES string of the molecule is CNC(=O)c1c(-c2ccc(F)cc2)oc2cc(N(C)S(C)(=O)=O)c(-c3ccc4c(n3)-c3cc5cc(F)ccc5n3CO4)cc12. The topological polar surface area (TPSA) is 107 Å². The molecule has 7 rings (SSSR count). The lowest BCUT2D eigenvalue weighted by Crippen LogP contribution is -2.25. The van der Waals surface area contributed by atoms with Crippen molar-refractivity contribution in [3.8, 4) is 39.7 Å². The standard InChI is InChI=1S/C32H24F2N4O5S/c1-35-32(39)29-22-14-21(25(37(2)44(3,40)41)15-28(22)43-31(29)17-4-6-19(33)7-5-17)23-9-11-27-30(36-23)26-13-18-12-20(34)8-10-24(18)38(26)16-42-27/h4-15H,16H2,1-3H3,(H,35,39). The molecule has 0 saturated carbocycles. The number of hydrogen-bond acceptors (Lipinski definition) is 6. The summed E-state index contributed by atoms with van der Waals surface area (Å²) < 4.78 is 68.4. The molecule has 0 atom stereocenters. The van der Waals surface area contributed by atoms with Crippen LogP contribution in [0.5, 0.6) is 5.75 Å². The number of nitrogens with zero attached hydrogens (tertiary/aromatic N) is 3. The number of pyridine rings is 1. The van der Waals surface area contributed by atoms with Crippen LogP contribution in [0, 0.1) is 11.6 Å². The van der Waals surface area contributed by atoms with Crippen LogP contribution in [0.25, 0.3) is 55.8 Å². The van der Waals surface area contributed by atoms with Gasteiger partial charge < -0.3 is 19.0 Å². The Morgan fingerprint density at radius 2 is 1.75 bits per heavy atom. The summed E-state index contributed by atoms with van der Waals surface area (Å²) in [7, 11) is -0.847. The summed E-state index contributed by atoms with van der Waals surface area (Å²) in [6.45, 7) is 0.211. The van der Waals surface area contributed by atoms with Gasteiger partial charge in [0, 0.05) is 42.1 Å². The van der Waals surface area contributed by atoms with Gasteiger partial charge in [-0.2, -0.15) is 0 Å². The van der Waals surface area contributed by atoms with Crippen LogP contribution in [0.2, 0.25) is 0 Å². The van der Waals surface area contributed by atoms with E-state index in [2.05, 4.69) is 5.32 Å². The summed E-state index contributed by atoms with van der Waals surface area (Å²) in [5.41, 5.74) is 3.96. The molecule has 1 aliphatic heterocycles. The van der Waals surface area contributed by atoms with Crippen molar-refractivity contribution in [3.63, 3.8) is 0 Å². The second-order valence-corrected chi connectivity index (χ2v) is 12.5. The molecule has 222 valence electrons. The Labute approximate surface area is 250 Å². The van der Waals surface area contributed by atoms with Gasteiger partial charge in [0.25, 0.3) is 5.91 Å². The minimum Gasteiger partial charge on any atom is -0.470 e. The number of carbonyl (C=O) groups is 1. The van der Waals surface area contributed by atoms with Gasteiger partial charge in [-0.05, 0) is 66.7 Å². The Morgan fingerprint density at radius 3 is 2.48 bits per heavy atom. The number of nitrogens with one attached hydrogen (secondary N) is 1. The lowest BCUT2D eigenvalue weighted by atomic mass is 10.0. The molecule has 3 aromatic heterocycles. The number of fused-ring (bicyclic) bond motifs is 6. The van der Waals surface area contributed by atoms with Crippen molar-refractivity contribution in [1.29, 1.82) is 0 Å². The number of rotatable bonds is 5. The molecule has 9 nitrogen and oxygen atoms in total. The first-order chi connectivity index (χ1) is 21.0. The number of amides is 1. The van der Waals surface area contributed by atoms with E-state index in [1.165, 1.54) is 50.5 Å². The van der Waals surface area contributed by atoms with E-state index in [1.54, 1.807) is 30.3 Å². The average molecular weight is 615 g/mol. The molecule has 0 radical (unpaired) electrons. The fourth-order valence-corrected chi connectivity index (χ4v) is 6.05. The van der Waals surface area contributed by atoms with Crippen LogP contribution in [0.4, 0.5) is 14.5 Å². The number of ether oxygens (including phenoxy) is 1. The third kappa shape index (κ3) is 4.37. The van der Waals surface area contributed by atoms with E-state index in [9.17, 15) is 22.0 Å². The molecule has 1 aliphatic rings. The first kappa shape index (κ1) is 27.6. The van der Waals surface area contributed by atoms with E-state index in [4.69, 9.17) is 14.1 Å². The molecule has 0 spiro atoms. The monoisotopic (exact) mass is 614 g/mol. The molecule has 12 heteroatoms. The summed E-state index contributed by atoms with van der Waals surface area (Å²) in [6, 6.07) is 18.5. The Balaban J connectivity index is 1.49. The molecule has 4 heterocycles. The molecule has 1 amide bonds. The first-order valence-corrected chi connectivity index (χ1v) is 15.3. The van der Waals surface area contributed by atoms with E-state index in [0.29, 0.717) is 44.7 Å². The van der Waals surface area contributed by atoms with Crippen LogP contribution in [0.15, 0.2) is 77.2 Å². The number of hydrogen-bond donors (Lipinski definition) is 1. The highest BCUT2D eigenvalue weighted by atomic mass is 32.2. The number of halogens is 2. The van der Waals surface area contributed by atoms with Crippen LogP contribution in [-0.2, 0) is 16.8 Å². The minimum atomic E-state index is -3.75. The predicted octanol–water partition coefficient (Wildman–Crippen LogP) is 6.17. The fourth-order valence-electron chi connectivity index (χ4n) is 5.54. The molecule has 6 aromatic rings. The molecule has 0 saturated heterocycles. The van der Waals surface area contributed by atoms with Gasteiger partial charge in [-0.3, -0.25) is 9.10 Å². The van der Waals surface area contributed by atoms with E-state index in [1.807, 2.05) is 10.6 Å². The second kappa shape index (κ2) is 9.91. The highest BCUT2D eigenvalue weighted by Crippen LogP contribution is 2.43. The van der Waals surface area contributed by atoms with Crippen molar-refractivity contribution < 1.29 is 31.1 Å². The van der Waals surface area contributed by atoms with Crippen LogP contribution in [0.3, 0.4) is 0 Å². The smallest absolute Gasteiger partial charge is 0.255 e. The third-order valence-electron chi connectivity index (χ3n) is 7.79. The van der Waals surface area contributed by atoms with E-state index >= 15 is 0 Å². The van der Waals surface area contributed by atoms with Gasteiger partial charge in [-0.1, -0.05) is 0 Å². The zero-order valence-electron chi connectivity index (χ0n) is 23.7. The molecular weight excluding hydrogens is 590 g/mol. The van der Waals surface area contributed by atoms with Crippen molar-refractivity contribution in [1.82, 2.24) is 14.9 Å². The zero-order chi connectivity index (χ0) is 30.9. The Hall–Kier alpha value is -5.23. The Bertz CT molecular complexity index is 2260. The normalized spacial score (nSPS) is 12.6. The average Bonchev–Trinajstić information content (AvgIpc) is 3.57. The molecule has 0 bridgehead atoms. The summed E-state index contributed by atoms with van der Waals surface area (Å²) in [6.07, 6.45) is 1.08. The van der Waals surface area contributed by atoms with E-state index < -0.39 is 21.7 Å². The quantitative estimate of drug-likeness (QED) is 0.249. The van der Waals surface area contributed by atoms with Crippen LogP contribution < -0.4 is 14.4 Å². The van der Waals surface area contributed by atoms with Crippen molar-refractivity contribution >= 4 is 43.5 Å². The summed E-state index contributed by atoms with van der Waals surface area (Å²) in [5, 5.41) is 3.72. The second-order valence-electron chi connectivity index (χ2n) is 10.5. The number of benzene rings is 3. The maximum Gasteiger partial charge on any atom is 0.255 e. The maximum absolute atomic E-state index is 14.0. The molecule has 3 aromatic carbocycles. The summed E-state index contributed by atoms with van der Waals surface area (Å²) >= 11 is 0. The van der Waals surface area contributed by atoms with Gasteiger partial charge in [0.2, 0.25) is 10.0 Å². The Kier molecular flexibility index (Phi) is 6.22. The largest absolute Gasteiger partial charge is 0.470 e. The van der Waals surface area contributed by atoms with Gasteiger partial charge >= 0.3 is 0 Å². The predicted molar refractivity (Wildman–Crippen MR) is 163 cm³/mol. The lowest BCUT2D eigenvalue weighted by Gasteiger charge is -2.23. The van der Waals surface area contributed by atoms with E-state index in [-0.39, 0.29) is 35.1 Å². The molecule has 0 aliphatic carbocycles. The molecule has 1 N–H and O–H groups in total. The number of aromatic nitrogens is 2. The molecular formula is C32H24F2N4O5S. The van der Waals surface area contributed by atoms with Crippen LogP contribution in [-0.4, -0.2) is 44.2 Å². The number of furan rings is 1. The fraction of sp³-hybridized carbons (Fsp3) is 0.125. The minimum absolute atomic E-state index is 0.201. The molecule has 0 fully saturated rings. The molecule has 0 unspecified atom stereocenters. The van der Waals surface area contributed by atoms with Gasteiger partial charge in [0.1, 0.15) is 34.4 Å². The first-order valence-electron chi connectivity index (χ1n) is 13.5. The van der Waals surface area contributed by atoms with Crippen molar-refractivity contribution in [2.75, 3.05) is 24.7 Å². The Morgan fingerprint density at radius 1 is 1.00 bits per heavy atom. The van der Waals surface area contributed by atoms with Gasteiger partial charge in [0.05, 0.1) is 34.4 Å². The van der Waals surface area contributed by atoms with Crippen molar-refractivity contribution in [2.24, 2.45) is 0 Å². The van der Waals surface area contributed by atoms with Gasteiger partial charge in [-0.15, -0.1) is 0 Å². The van der Waals surface area contributed by atoms with Crippen LogP contribution in [0.1, 0.15) is 10.4 Å².